The summed E-state index contributed by atoms with van der Waals surface area (Å²) in [5.74, 6) is 1.13. The van der Waals surface area contributed by atoms with E-state index >= 15 is 0 Å². The first-order valence-corrected chi connectivity index (χ1v) is 9.27. The molecule has 1 heterocycles. The monoisotopic (exact) mass is 345 g/mol. The average Bonchev–Trinajstić information content (AvgIpc) is 3.04. The molecule has 0 spiro atoms. The first-order valence-electron chi connectivity index (χ1n) is 9.27. The molecule has 0 saturated carbocycles. The fourth-order valence-corrected chi connectivity index (χ4v) is 2.89. The molecule has 0 unspecified atom stereocenters. The van der Waals surface area contributed by atoms with Crippen LogP contribution in [0, 0.1) is 0 Å². The van der Waals surface area contributed by atoms with Crippen molar-refractivity contribution in [3.05, 3.63) is 30.3 Å². The molecule has 0 atom stereocenters. The van der Waals surface area contributed by atoms with E-state index in [0.29, 0.717) is 6.42 Å². The van der Waals surface area contributed by atoms with Crippen molar-refractivity contribution in [3.63, 3.8) is 0 Å². The molecule has 1 fully saturated rings. The lowest BCUT2D eigenvalue weighted by Gasteiger charge is -2.20. The van der Waals surface area contributed by atoms with E-state index in [9.17, 15) is 4.79 Å². The second kappa shape index (κ2) is 10.6. The molecule has 1 aliphatic heterocycles. The molecular formula is C19H31N5O. The molecule has 6 heteroatoms. The van der Waals surface area contributed by atoms with Crippen molar-refractivity contribution in [2.24, 2.45) is 4.99 Å². The van der Waals surface area contributed by atoms with Crippen molar-refractivity contribution in [1.29, 1.82) is 0 Å². The molecule has 1 aromatic rings. The minimum atomic E-state index is 0.290. The Morgan fingerprint density at radius 3 is 2.76 bits per heavy atom. The van der Waals surface area contributed by atoms with Crippen molar-refractivity contribution in [1.82, 2.24) is 15.5 Å². The summed E-state index contributed by atoms with van der Waals surface area (Å²) in [6.45, 7) is 7.08. The highest BCUT2D eigenvalue weighted by atomic mass is 16.2. The predicted molar refractivity (Wildman–Crippen MR) is 104 cm³/mol. The summed E-state index contributed by atoms with van der Waals surface area (Å²) in [5.41, 5.74) is 1.21. The quantitative estimate of drug-likeness (QED) is 0.406. The second-order valence-corrected chi connectivity index (χ2v) is 6.28. The molecule has 1 amide bonds. The van der Waals surface area contributed by atoms with E-state index < -0.39 is 0 Å². The van der Waals surface area contributed by atoms with Gasteiger partial charge in [-0.25, -0.2) is 0 Å². The number of likely N-dealkylation sites (N-methyl/N-ethyl adjacent to an activating group) is 1. The zero-order chi connectivity index (χ0) is 17.9. The van der Waals surface area contributed by atoms with Gasteiger partial charge in [-0.3, -0.25) is 9.79 Å². The van der Waals surface area contributed by atoms with Crippen LogP contribution in [-0.4, -0.2) is 63.1 Å². The molecule has 0 bridgehead atoms. The SMILES string of the molecule is CCNC(=NCCCN1CCCC1=O)NCCN(C)c1ccccc1. The second-order valence-electron chi connectivity index (χ2n) is 6.28. The smallest absolute Gasteiger partial charge is 0.222 e. The van der Waals surface area contributed by atoms with E-state index in [1.165, 1.54) is 5.69 Å². The van der Waals surface area contributed by atoms with Gasteiger partial charge in [-0.05, 0) is 31.9 Å². The first kappa shape index (κ1) is 19.1. The average molecular weight is 345 g/mol. The number of hydrogen-bond acceptors (Lipinski definition) is 3. The standard InChI is InChI=1S/C19H31N5O/c1-3-20-19(21-12-8-15-24-14-7-11-18(24)25)22-13-16-23(2)17-9-5-4-6-10-17/h4-6,9-10H,3,7-8,11-16H2,1-2H3,(H2,20,21,22). The lowest BCUT2D eigenvalue weighted by atomic mass is 10.3. The molecule has 2 rings (SSSR count). The Morgan fingerprint density at radius 2 is 2.08 bits per heavy atom. The third-order valence-electron chi connectivity index (χ3n) is 4.31. The van der Waals surface area contributed by atoms with Crippen LogP contribution in [0.3, 0.4) is 0 Å². The Hall–Kier alpha value is -2.24. The van der Waals surface area contributed by atoms with Gasteiger partial charge in [0.05, 0.1) is 0 Å². The van der Waals surface area contributed by atoms with Crippen molar-refractivity contribution in [2.75, 3.05) is 51.2 Å². The molecule has 1 aromatic carbocycles. The van der Waals surface area contributed by atoms with E-state index in [2.05, 4.69) is 58.8 Å². The Bertz CT molecular complexity index is 546. The molecule has 0 aliphatic carbocycles. The molecule has 138 valence electrons. The molecule has 0 aromatic heterocycles. The van der Waals surface area contributed by atoms with Crippen molar-refractivity contribution < 1.29 is 4.79 Å². The number of hydrogen-bond donors (Lipinski definition) is 2. The maximum atomic E-state index is 11.6. The van der Waals surface area contributed by atoms with Gasteiger partial charge in [-0.15, -0.1) is 0 Å². The summed E-state index contributed by atoms with van der Waals surface area (Å²) in [6.07, 6.45) is 2.62. The maximum Gasteiger partial charge on any atom is 0.222 e. The molecule has 1 saturated heterocycles. The van der Waals surface area contributed by atoms with Crippen LogP contribution in [0.1, 0.15) is 26.2 Å². The van der Waals surface area contributed by atoms with Crippen LogP contribution >= 0.6 is 0 Å². The fraction of sp³-hybridized carbons (Fsp3) is 0.579. The number of rotatable bonds is 9. The summed E-state index contributed by atoms with van der Waals surface area (Å²) >= 11 is 0. The highest BCUT2D eigenvalue weighted by molar-refractivity contribution is 5.79. The third-order valence-corrected chi connectivity index (χ3v) is 4.31. The Labute approximate surface area is 151 Å². The maximum absolute atomic E-state index is 11.6. The molecule has 1 aliphatic rings. The molecule has 6 nitrogen and oxygen atoms in total. The fourth-order valence-electron chi connectivity index (χ4n) is 2.89. The van der Waals surface area contributed by atoms with E-state index in [-0.39, 0.29) is 5.91 Å². The van der Waals surface area contributed by atoms with Gasteiger partial charge in [0, 0.05) is 58.4 Å². The van der Waals surface area contributed by atoms with Crippen LogP contribution in [-0.2, 0) is 4.79 Å². The number of nitrogens with zero attached hydrogens (tertiary/aromatic N) is 3. The highest BCUT2D eigenvalue weighted by Crippen LogP contribution is 2.10. The number of nitrogens with one attached hydrogen (secondary N) is 2. The van der Waals surface area contributed by atoms with Gasteiger partial charge in [0.2, 0.25) is 5.91 Å². The summed E-state index contributed by atoms with van der Waals surface area (Å²) in [4.78, 5) is 20.4. The minimum Gasteiger partial charge on any atom is -0.373 e. The van der Waals surface area contributed by atoms with Crippen molar-refractivity contribution >= 4 is 17.6 Å². The predicted octanol–water partition coefficient (Wildman–Crippen LogP) is 1.69. The zero-order valence-corrected chi connectivity index (χ0v) is 15.5. The number of likely N-dealkylation sites (tertiary alicyclic amines) is 1. The topological polar surface area (TPSA) is 60.0 Å². The van der Waals surface area contributed by atoms with Gasteiger partial charge in [0.15, 0.2) is 5.96 Å². The molecule has 0 radical (unpaired) electrons. The van der Waals surface area contributed by atoms with Crippen LogP contribution in [0.4, 0.5) is 5.69 Å². The van der Waals surface area contributed by atoms with Crippen LogP contribution in [0.2, 0.25) is 0 Å². The van der Waals surface area contributed by atoms with E-state index in [1.54, 1.807) is 0 Å². The number of benzene rings is 1. The number of aliphatic imine (C=N–C) groups is 1. The summed E-state index contributed by atoms with van der Waals surface area (Å²) < 4.78 is 0. The van der Waals surface area contributed by atoms with Crippen LogP contribution in [0.5, 0.6) is 0 Å². The summed E-state index contributed by atoms with van der Waals surface area (Å²) in [7, 11) is 2.09. The van der Waals surface area contributed by atoms with Gasteiger partial charge in [-0.1, -0.05) is 18.2 Å². The zero-order valence-electron chi connectivity index (χ0n) is 15.5. The molecular weight excluding hydrogens is 314 g/mol. The number of carbonyl (C=O) groups excluding carboxylic acids is 1. The van der Waals surface area contributed by atoms with E-state index in [1.807, 2.05) is 11.0 Å². The number of anilines is 1. The molecule has 25 heavy (non-hydrogen) atoms. The highest BCUT2D eigenvalue weighted by Gasteiger charge is 2.18. The van der Waals surface area contributed by atoms with Gasteiger partial charge < -0.3 is 20.4 Å². The number of amides is 1. The normalized spacial score (nSPS) is 14.7. The molecule has 2 N–H and O–H groups in total. The van der Waals surface area contributed by atoms with Gasteiger partial charge in [-0.2, -0.15) is 0 Å². The van der Waals surface area contributed by atoms with Gasteiger partial charge in [0.25, 0.3) is 0 Å². The van der Waals surface area contributed by atoms with E-state index in [0.717, 1.165) is 58.1 Å². The van der Waals surface area contributed by atoms with E-state index in [4.69, 9.17) is 0 Å². The lowest BCUT2D eigenvalue weighted by Crippen LogP contribution is -2.41. The van der Waals surface area contributed by atoms with Crippen LogP contribution < -0.4 is 15.5 Å². The van der Waals surface area contributed by atoms with Crippen LogP contribution in [0.25, 0.3) is 0 Å². The van der Waals surface area contributed by atoms with Crippen molar-refractivity contribution in [3.8, 4) is 0 Å². The van der Waals surface area contributed by atoms with Gasteiger partial charge >= 0.3 is 0 Å². The van der Waals surface area contributed by atoms with Gasteiger partial charge in [0.1, 0.15) is 0 Å². The largest absolute Gasteiger partial charge is 0.373 e. The lowest BCUT2D eigenvalue weighted by molar-refractivity contribution is -0.127. The third kappa shape index (κ3) is 6.64. The Morgan fingerprint density at radius 1 is 1.28 bits per heavy atom. The minimum absolute atomic E-state index is 0.290. The van der Waals surface area contributed by atoms with Crippen LogP contribution in [0.15, 0.2) is 35.3 Å². The van der Waals surface area contributed by atoms with Crippen molar-refractivity contribution in [2.45, 2.75) is 26.2 Å². The summed E-state index contributed by atoms with van der Waals surface area (Å²) in [5, 5.41) is 6.65. The Balaban J connectivity index is 1.69. The first-order chi connectivity index (χ1) is 12.2. The number of para-hydroxylation sites is 1. The number of guanidine groups is 1. The summed E-state index contributed by atoms with van der Waals surface area (Å²) in [6, 6.07) is 10.4. The Kier molecular flexibility index (Phi) is 8.09. The number of carbonyl (C=O) groups is 1.